The third kappa shape index (κ3) is 4.31. The van der Waals surface area contributed by atoms with Crippen LogP contribution in [0.15, 0.2) is 59.3 Å². The van der Waals surface area contributed by atoms with E-state index in [9.17, 15) is 4.79 Å². The van der Waals surface area contributed by atoms with Gasteiger partial charge in [0.2, 0.25) is 5.82 Å². The molecule has 10 heteroatoms. The summed E-state index contributed by atoms with van der Waals surface area (Å²) < 4.78 is 23.0. The van der Waals surface area contributed by atoms with E-state index >= 15 is 4.39 Å². The lowest BCUT2D eigenvalue weighted by Crippen LogP contribution is -2.14. The number of benzene rings is 2. The maximum atomic E-state index is 15.9. The fraction of sp³-hybridized carbons (Fsp3) is 0.233. The monoisotopic (exact) mass is 537 g/mol. The molecule has 1 aliphatic heterocycles. The van der Waals surface area contributed by atoms with E-state index in [1.807, 2.05) is 12.1 Å². The summed E-state index contributed by atoms with van der Waals surface area (Å²) >= 11 is 0. The summed E-state index contributed by atoms with van der Waals surface area (Å²) in [5.41, 5.74) is 10.8. The smallest absolute Gasteiger partial charge is 0.258 e. The lowest BCUT2D eigenvalue weighted by Gasteiger charge is -2.21. The van der Waals surface area contributed by atoms with Crippen LogP contribution in [0.25, 0.3) is 34.2 Å². The molecule has 3 N–H and O–H groups in total. The number of pyridine rings is 1. The summed E-state index contributed by atoms with van der Waals surface area (Å²) in [4.78, 5) is 21.3. The Morgan fingerprint density at radius 1 is 1.12 bits per heavy atom. The van der Waals surface area contributed by atoms with E-state index in [1.54, 1.807) is 42.1 Å². The summed E-state index contributed by atoms with van der Waals surface area (Å²) in [6.07, 6.45) is 2.32. The third-order valence-electron chi connectivity index (χ3n) is 7.21. The largest absolute Gasteiger partial charge is 0.365 e. The number of nitrogens with zero attached hydrogens (tertiary/aromatic N) is 5. The van der Waals surface area contributed by atoms with Crippen molar-refractivity contribution in [2.24, 2.45) is 5.73 Å². The van der Waals surface area contributed by atoms with Gasteiger partial charge in [0.15, 0.2) is 0 Å². The number of fused-ring (bicyclic) bond motifs is 2. The van der Waals surface area contributed by atoms with Gasteiger partial charge in [-0.2, -0.15) is 10.1 Å². The highest BCUT2D eigenvalue weighted by Crippen LogP contribution is 2.38. The van der Waals surface area contributed by atoms with E-state index < -0.39 is 11.7 Å². The maximum absolute atomic E-state index is 15.9. The molecule has 3 aromatic heterocycles. The predicted molar refractivity (Wildman–Crippen MR) is 150 cm³/mol. The number of nitrogens with two attached hydrogens (primary N) is 1. The van der Waals surface area contributed by atoms with Crippen LogP contribution >= 0.6 is 0 Å². The average molecular weight is 538 g/mol. The number of carbonyl (C=O) groups excluding carboxylic acids is 1. The van der Waals surface area contributed by atoms with Gasteiger partial charge in [0.25, 0.3) is 11.8 Å². The second-order valence-electron chi connectivity index (χ2n) is 10.9. The van der Waals surface area contributed by atoms with Gasteiger partial charge >= 0.3 is 0 Å². The summed E-state index contributed by atoms with van der Waals surface area (Å²) in [6.45, 7) is 8.62. The van der Waals surface area contributed by atoms with Crippen LogP contribution in [0.4, 0.5) is 15.9 Å². The number of nitrogens with one attached hydrogen (secondary N) is 1. The normalized spacial score (nSPS) is 12.8. The predicted octanol–water partition coefficient (Wildman–Crippen LogP) is 5.81. The summed E-state index contributed by atoms with van der Waals surface area (Å²) in [6, 6.07) is 14.9. The molecule has 0 fully saturated rings. The quantitative estimate of drug-likeness (QED) is 0.297. The molecule has 0 spiro atoms. The molecule has 4 heterocycles. The molecule has 5 aromatic rings. The zero-order chi connectivity index (χ0) is 28.2. The SMILES string of the molecule is Cc1c(-c2nc(-c3ccccn3)no2)ccc(-c2nn3c(c2C(N)=O)Nc2ccc(C(C)(C)C)cc2CC3)c1F. The van der Waals surface area contributed by atoms with Crippen molar-refractivity contribution < 1.29 is 13.7 Å². The number of carbonyl (C=O) groups is 1. The van der Waals surface area contributed by atoms with Crippen molar-refractivity contribution in [3.63, 3.8) is 0 Å². The Hall–Kier alpha value is -4.86. The Labute approximate surface area is 230 Å². The van der Waals surface area contributed by atoms with E-state index in [0.29, 0.717) is 35.9 Å². The van der Waals surface area contributed by atoms with E-state index in [4.69, 9.17) is 10.3 Å². The number of hydrogen-bond donors (Lipinski definition) is 2. The number of aromatic nitrogens is 5. The third-order valence-corrected chi connectivity index (χ3v) is 7.21. The van der Waals surface area contributed by atoms with Gasteiger partial charge in [-0.1, -0.05) is 44.1 Å². The van der Waals surface area contributed by atoms with Crippen molar-refractivity contribution in [2.45, 2.75) is 46.1 Å². The topological polar surface area (TPSA) is 125 Å². The number of aryl methyl sites for hydroxylation is 2. The molecule has 0 saturated heterocycles. The van der Waals surface area contributed by atoms with Crippen LogP contribution in [0, 0.1) is 12.7 Å². The number of hydrogen-bond acceptors (Lipinski definition) is 7. The Balaban J connectivity index is 1.39. The van der Waals surface area contributed by atoms with Crippen molar-refractivity contribution in [1.82, 2.24) is 24.9 Å². The summed E-state index contributed by atoms with van der Waals surface area (Å²) in [7, 11) is 0. The minimum Gasteiger partial charge on any atom is -0.365 e. The standard InChI is InChI=1S/C30H28FN7O2/c1-16-19(29-35-27(37-40-29)22-7-5-6-13-33-22)9-10-20(24(16)31)25-23(26(32)39)28-34-21-11-8-18(30(2,3)4)15-17(21)12-14-38(28)36-25/h5-11,13,15,34H,12,14H2,1-4H3,(H2,32,39). The van der Waals surface area contributed by atoms with Crippen LogP contribution in [-0.4, -0.2) is 30.8 Å². The van der Waals surface area contributed by atoms with Crippen LogP contribution in [0.2, 0.25) is 0 Å². The Kier molecular flexibility index (Phi) is 5.98. The molecule has 0 radical (unpaired) electrons. The van der Waals surface area contributed by atoms with Gasteiger partial charge in [-0.15, -0.1) is 0 Å². The molecule has 1 aliphatic rings. The summed E-state index contributed by atoms with van der Waals surface area (Å²) in [5.74, 6) is -0.345. The first-order valence-corrected chi connectivity index (χ1v) is 13.0. The molecule has 6 rings (SSSR count). The van der Waals surface area contributed by atoms with E-state index in [1.165, 1.54) is 5.56 Å². The fourth-order valence-electron chi connectivity index (χ4n) is 4.95. The number of rotatable bonds is 4. The average Bonchev–Trinajstić information content (AvgIpc) is 3.51. The minimum atomic E-state index is -0.698. The van der Waals surface area contributed by atoms with Crippen molar-refractivity contribution in [3.05, 3.63) is 82.8 Å². The molecule has 1 amide bonds. The second kappa shape index (κ2) is 9.41. The van der Waals surface area contributed by atoms with Crippen LogP contribution < -0.4 is 11.1 Å². The van der Waals surface area contributed by atoms with Gasteiger partial charge in [-0.05, 0) is 65.8 Å². The highest BCUT2D eigenvalue weighted by atomic mass is 19.1. The van der Waals surface area contributed by atoms with Gasteiger partial charge in [0, 0.05) is 29.6 Å². The molecule has 9 nitrogen and oxygen atoms in total. The van der Waals surface area contributed by atoms with Gasteiger partial charge in [-0.25, -0.2) is 9.07 Å². The lowest BCUT2D eigenvalue weighted by atomic mass is 9.85. The molecule has 0 unspecified atom stereocenters. The highest BCUT2D eigenvalue weighted by molar-refractivity contribution is 6.04. The maximum Gasteiger partial charge on any atom is 0.258 e. The molecule has 0 atom stereocenters. The van der Waals surface area contributed by atoms with Gasteiger partial charge < -0.3 is 15.6 Å². The van der Waals surface area contributed by atoms with Gasteiger partial charge in [-0.3, -0.25) is 9.78 Å². The summed E-state index contributed by atoms with van der Waals surface area (Å²) in [5, 5.41) is 12.0. The fourth-order valence-corrected chi connectivity index (χ4v) is 4.95. The number of amides is 1. The zero-order valence-corrected chi connectivity index (χ0v) is 22.6. The van der Waals surface area contributed by atoms with Gasteiger partial charge in [0.1, 0.15) is 28.6 Å². The Bertz CT molecular complexity index is 1770. The van der Waals surface area contributed by atoms with Gasteiger partial charge in [0.05, 0.1) is 0 Å². The van der Waals surface area contributed by atoms with E-state index in [0.717, 1.165) is 11.3 Å². The Morgan fingerprint density at radius 2 is 1.93 bits per heavy atom. The number of primary amides is 1. The molecule has 0 saturated carbocycles. The van der Waals surface area contributed by atoms with Crippen LogP contribution in [0.3, 0.4) is 0 Å². The molecule has 0 bridgehead atoms. The van der Waals surface area contributed by atoms with Crippen LogP contribution in [0.5, 0.6) is 0 Å². The molecule has 40 heavy (non-hydrogen) atoms. The first-order valence-electron chi connectivity index (χ1n) is 13.0. The highest BCUT2D eigenvalue weighted by Gasteiger charge is 2.29. The molecular weight excluding hydrogens is 509 g/mol. The molecule has 2 aromatic carbocycles. The minimum absolute atomic E-state index is 0.00322. The molecular formula is C30H28FN7O2. The van der Waals surface area contributed by atoms with Crippen molar-refractivity contribution in [3.8, 4) is 34.2 Å². The first kappa shape index (κ1) is 25.4. The van der Waals surface area contributed by atoms with Crippen LogP contribution in [0.1, 0.15) is 47.8 Å². The molecule has 0 aliphatic carbocycles. The van der Waals surface area contributed by atoms with Crippen LogP contribution in [-0.2, 0) is 18.4 Å². The van der Waals surface area contributed by atoms with Crippen molar-refractivity contribution >= 4 is 17.4 Å². The lowest BCUT2D eigenvalue weighted by molar-refractivity contribution is 0.100. The van der Waals surface area contributed by atoms with E-state index in [-0.39, 0.29) is 33.7 Å². The van der Waals surface area contributed by atoms with E-state index in [2.05, 4.69) is 58.4 Å². The van der Waals surface area contributed by atoms with Crippen molar-refractivity contribution in [2.75, 3.05) is 5.32 Å². The Morgan fingerprint density at radius 3 is 2.65 bits per heavy atom. The molecule has 202 valence electrons. The number of halogens is 1. The van der Waals surface area contributed by atoms with Crippen molar-refractivity contribution in [1.29, 1.82) is 0 Å². The second-order valence-corrected chi connectivity index (χ2v) is 10.9. The zero-order valence-electron chi connectivity index (χ0n) is 22.6. The first-order chi connectivity index (χ1) is 19.1. The number of anilines is 2.